The van der Waals surface area contributed by atoms with Crippen LogP contribution in [0.25, 0.3) is 0 Å². The Bertz CT molecular complexity index is 359. The van der Waals surface area contributed by atoms with Crippen molar-refractivity contribution in [2.45, 2.75) is 26.6 Å². The number of aliphatic hydroxyl groups excluding tert-OH is 2. The summed E-state index contributed by atoms with van der Waals surface area (Å²) in [6.45, 7) is 4.68. The van der Waals surface area contributed by atoms with Crippen LogP contribution in [0.15, 0.2) is 42.0 Å². The van der Waals surface area contributed by atoms with Crippen molar-refractivity contribution in [2.24, 2.45) is 5.92 Å². The zero-order valence-electron chi connectivity index (χ0n) is 11.0. The highest BCUT2D eigenvalue weighted by atomic mass is 16.5. The molecule has 1 rings (SSSR count). The first-order valence-electron chi connectivity index (χ1n) is 6.22. The molecule has 0 spiro atoms. The van der Waals surface area contributed by atoms with E-state index in [-0.39, 0.29) is 12.5 Å². The van der Waals surface area contributed by atoms with Gasteiger partial charge in [0, 0.05) is 12.5 Å². The van der Waals surface area contributed by atoms with Gasteiger partial charge in [-0.15, -0.1) is 0 Å². The van der Waals surface area contributed by atoms with E-state index < -0.39 is 6.10 Å². The lowest BCUT2D eigenvalue weighted by Gasteiger charge is -2.17. The second kappa shape index (κ2) is 8.03. The number of aliphatic hydroxyl groups is 2. The number of ether oxygens (including phenoxy) is 1. The van der Waals surface area contributed by atoms with Crippen LogP contribution in [0.4, 0.5) is 0 Å². The lowest BCUT2D eigenvalue weighted by molar-refractivity contribution is 0.101. The molecule has 0 aliphatic rings. The van der Waals surface area contributed by atoms with Crippen LogP contribution in [0.2, 0.25) is 0 Å². The van der Waals surface area contributed by atoms with Gasteiger partial charge < -0.3 is 14.9 Å². The third kappa shape index (κ3) is 5.00. The molecule has 0 unspecified atom stereocenters. The highest BCUT2D eigenvalue weighted by molar-refractivity contribution is 5.13. The van der Waals surface area contributed by atoms with Crippen molar-refractivity contribution in [3.63, 3.8) is 0 Å². The van der Waals surface area contributed by atoms with Crippen LogP contribution >= 0.6 is 0 Å². The Morgan fingerprint density at radius 1 is 1.33 bits per heavy atom. The summed E-state index contributed by atoms with van der Waals surface area (Å²) in [5, 5.41) is 18.8. The number of benzene rings is 1. The predicted octanol–water partition coefficient (Wildman–Crippen LogP) is 2.14. The summed E-state index contributed by atoms with van der Waals surface area (Å²) in [6, 6.07) is 9.96. The maximum atomic E-state index is 9.82. The average Bonchev–Trinajstić information content (AvgIpc) is 2.42. The molecule has 1 aromatic carbocycles. The summed E-state index contributed by atoms with van der Waals surface area (Å²) in [4.78, 5) is 0. The lowest BCUT2D eigenvalue weighted by atomic mass is 9.99. The molecule has 2 atom stereocenters. The van der Waals surface area contributed by atoms with E-state index in [0.29, 0.717) is 13.2 Å². The van der Waals surface area contributed by atoms with Crippen LogP contribution in [-0.2, 0) is 11.3 Å². The minimum absolute atomic E-state index is 0.0166. The van der Waals surface area contributed by atoms with E-state index in [2.05, 4.69) is 0 Å². The van der Waals surface area contributed by atoms with Crippen LogP contribution in [-0.4, -0.2) is 29.5 Å². The average molecular weight is 250 g/mol. The summed E-state index contributed by atoms with van der Waals surface area (Å²) in [6.07, 6.45) is 1.26. The fourth-order valence-corrected chi connectivity index (χ4v) is 1.61. The third-order valence-corrected chi connectivity index (χ3v) is 2.93. The summed E-state index contributed by atoms with van der Waals surface area (Å²) in [7, 11) is 0. The molecule has 0 bridgehead atoms. The Kier molecular flexibility index (Phi) is 6.65. The topological polar surface area (TPSA) is 49.7 Å². The summed E-state index contributed by atoms with van der Waals surface area (Å²) >= 11 is 0. The normalized spacial score (nSPS) is 15.4. The van der Waals surface area contributed by atoms with E-state index in [1.807, 2.05) is 50.3 Å². The van der Waals surface area contributed by atoms with Crippen molar-refractivity contribution in [2.75, 3.05) is 13.2 Å². The monoisotopic (exact) mass is 250 g/mol. The molecular formula is C15H22O3. The quantitative estimate of drug-likeness (QED) is 0.576. The maximum Gasteiger partial charge on any atom is 0.0795 e. The predicted molar refractivity (Wildman–Crippen MR) is 72.1 cm³/mol. The standard InChI is InChI=1S/C15H22O3/c1-12(15(17)13(2)10-16)8-9-18-11-14-6-4-3-5-7-14/h3-8,13,15-17H,9-11H2,1-2H3/b12-8+/t13-,15+/m1/s1. The molecule has 0 aliphatic heterocycles. The van der Waals surface area contributed by atoms with Gasteiger partial charge in [-0.2, -0.15) is 0 Å². The van der Waals surface area contributed by atoms with Gasteiger partial charge in [0.15, 0.2) is 0 Å². The number of hydrogen-bond donors (Lipinski definition) is 2. The minimum Gasteiger partial charge on any atom is -0.396 e. The van der Waals surface area contributed by atoms with Crippen molar-refractivity contribution >= 4 is 0 Å². The van der Waals surface area contributed by atoms with Crippen molar-refractivity contribution < 1.29 is 14.9 Å². The van der Waals surface area contributed by atoms with Gasteiger partial charge >= 0.3 is 0 Å². The molecule has 2 N–H and O–H groups in total. The highest BCUT2D eigenvalue weighted by Crippen LogP contribution is 2.11. The van der Waals surface area contributed by atoms with Crippen LogP contribution in [0.3, 0.4) is 0 Å². The largest absolute Gasteiger partial charge is 0.396 e. The molecule has 0 heterocycles. The van der Waals surface area contributed by atoms with Gasteiger partial charge in [0.05, 0.1) is 19.3 Å². The van der Waals surface area contributed by atoms with Crippen molar-refractivity contribution in [3.8, 4) is 0 Å². The van der Waals surface area contributed by atoms with E-state index in [9.17, 15) is 5.11 Å². The van der Waals surface area contributed by atoms with Gasteiger partial charge in [-0.25, -0.2) is 0 Å². The molecule has 0 aliphatic carbocycles. The Hall–Kier alpha value is -1.16. The molecule has 0 saturated heterocycles. The van der Waals surface area contributed by atoms with Crippen molar-refractivity contribution in [3.05, 3.63) is 47.5 Å². The van der Waals surface area contributed by atoms with Gasteiger partial charge in [0.25, 0.3) is 0 Å². The Morgan fingerprint density at radius 2 is 2.00 bits per heavy atom. The molecule has 3 heteroatoms. The second-order valence-electron chi connectivity index (χ2n) is 4.55. The molecule has 0 fully saturated rings. The van der Waals surface area contributed by atoms with Gasteiger partial charge in [-0.05, 0) is 18.1 Å². The molecular weight excluding hydrogens is 228 g/mol. The number of rotatable bonds is 7. The van der Waals surface area contributed by atoms with Gasteiger partial charge in [-0.1, -0.05) is 43.3 Å². The Balaban J connectivity index is 2.32. The third-order valence-electron chi connectivity index (χ3n) is 2.93. The lowest BCUT2D eigenvalue weighted by Crippen LogP contribution is -2.22. The SMILES string of the molecule is C/C(=C\COCc1ccccc1)[C@H](O)[C@H](C)CO. The summed E-state index contributed by atoms with van der Waals surface area (Å²) < 4.78 is 5.50. The van der Waals surface area contributed by atoms with E-state index in [0.717, 1.165) is 11.1 Å². The first kappa shape index (κ1) is 14.9. The molecule has 1 aromatic rings. The molecule has 3 nitrogen and oxygen atoms in total. The molecule has 0 aromatic heterocycles. The first-order chi connectivity index (χ1) is 8.65. The van der Waals surface area contributed by atoms with Crippen molar-refractivity contribution in [1.82, 2.24) is 0 Å². The van der Waals surface area contributed by atoms with Crippen LogP contribution in [0.1, 0.15) is 19.4 Å². The van der Waals surface area contributed by atoms with Crippen molar-refractivity contribution in [1.29, 1.82) is 0 Å². The molecule has 18 heavy (non-hydrogen) atoms. The van der Waals surface area contributed by atoms with E-state index in [4.69, 9.17) is 9.84 Å². The van der Waals surface area contributed by atoms with Crippen LogP contribution in [0, 0.1) is 5.92 Å². The van der Waals surface area contributed by atoms with Gasteiger partial charge in [0.2, 0.25) is 0 Å². The van der Waals surface area contributed by atoms with Gasteiger partial charge in [-0.3, -0.25) is 0 Å². The molecule has 0 radical (unpaired) electrons. The number of hydrogen-bond acceptors (Lipinski definition) is 3. The fraction of sp³-hybridized carbons (Fsp3) is 0.467. The zero-order valence-corrected chi connectivity index (χ0v) is 11.0. The summed E-state index contributed by atoms with van der Waals surface area (Å²) in [5.41, 5.74) is 1.97. The maximum absolute atomic E-state index is 9.82. The Labute approximate surface area is 109 Å². The highest BCUT2D eigenvalue weighted by Gasteiger charge is 2.14. The van der Waals surface area contributed by atoms with E-state index in [1.165, 1.54) is 0 Å². The molecule has 100 valence electrons. The van der Waals surface area contributed by atoms with E-state index >= 15 is 0 Å². The molecule has 0 amide bonds. The second-order valence-corrected chi connectivity index (χ2v) is 4.55. The van der Waals surface area contributed by atoms with E-state index in [1.54, 1.807) is 0 Å². The van der Waals surface area contributed by atoms with Gasteiger partial charge in [0.1, 0.15) is 0 Å². The Morgan fingerprint density at radius 3 is 2.61 bits per heavy atom. The summed E-state index contributed by atoms with van der Waals surface area (Å²) in [5.74, 6) is -0.143. The molecule has 0 saturated carbocycles. The fourth-order valence-electron chi connectivity index (χ4n) is 1.61. The van der Waals surface area contributed by atoms with Crippen LogP contribution in [0.5, 0.6) is 0 Å². The first-order valence-corrected chi connectivity index (χ1v) is 6.22. The van der Waals surface area contributed by atoms with Crippen LogP contribution < -0.4 is 0 Å². The smallest absolute Gasteiger partial charge is 0.0795 e. The minimum atomic E-state index is -0.602. The zero-order chi connectivity index (χ0) is 13.4.